The third kappa shape index (κ3) is 5.06. The number of carbonyl (C=O) groups is 2. The maximum absolute atomic E-state index is 11.8. The molecule has 0 heterocycles. The molecule has 2 N–H and O–H groups in total. The number of nitrogens with one attached hydrogen (secondary N) is 1. The van der Waals surface area contributed by atoms with Gasteiger partial charge < -0.3 is 15.2 Å². The van der Waals surface area contributed by atoms with E-state index in [2.05, 4.69) is 19.2 Å². The van der Waals surface area contributed by atoms with Gasteiger partial charge in [0, 0.05) is 0 Å². The van der Waals surface area contributed by atoms with Gasteiger partial charge in [0.25, 0.3) is 5.91 Å². The lowest BCUT2D eigenvalue weighted by Crippen LogP contribution is -2.46. The SMILES string of the molecule is Cc1cc(OCC(=O)NC(C(=O)O)C(C)C)ccc1C(C)C. The first kappa shape index (κ1) is 18.0. The van der Waals surface area contributed by atoms with Crippen LogP contribution < -0.4 is 10.1 Å². The predicted octanol–water partition coefficient (Wildman–Crippen LogP) is 2.72. The molecule has 1 aromatic carbocycles. The Morgan fingerprint density at radius 1 is 1.23 bits per heavy atom. The van der Waals surface area contributed by atoms with Crippen LogP contribution in [0.2, 0.25) is 0 Å². The molecule has 0 aliphatic carbocycles. The highest BCUT2D eigenvalue weighted by Gasteiger charge is 2.23. The minimum absolute atomic E-state index is 0.186. The largest absolute Gasteiger partial charge is 0.484 e. The zero-order valence-corrected chi connectivity index (χ0v) is 13.8. The Balaban J connectivity index is 2.61. The summed E-state index contributed by atoms with van der Waals surface area (Å²) in [5, 5.41) is 11.5. The summed E-state index contributed by atoms with van der Waals surface area (Å²) in [7, 11) is 0. The van der Waals surface area contributed by atoms with Crippen molar-refractivity contribution in [3.8, 4) is 5.75 Å². The normalized spacial score (nSPS) is 12.3. The fourth-order valence-corrected chi connectivity index (χ4v) is 2.26. The van der Waals surface area contributed by atoms with Crippen LogP contribution >= 0.6 is 0 Å². The van der Waals surface area contributed by atoms with Crippen LogP contribution in [0.25, 0.3) is 0 Å². The van der Waals surface area contributed by atoms with E-state index in [0.717, 1.165) is 5.56 Å². The van der Waals surface area contributed by atoms with Crippen LogP contribution in [-0.4, -0.2) is 29.6 Å². The summed E-state index contributed by atoms with van der Waals surface area (Å²) in [4.78, 5) is 22.8. The molecule has 0 fully saturated rings. The molecular formula is C17H25NO4. The number of rotatable bonds is 7. The van der Waals surface area contributed by atoms with Crippen molar-refractivity contribution in [1.82, 2.24) is 5.32 Å². The molecule has 0 radical (unpaired) electrons. The standard InChI is InChI=1S/C17H25NO4/c1-10(2)14-7-6-13(8-12(14)5)22-9-15(19)18-16(11(3)4)17(20)21/h6-8,10-11,16H,9H2,1-5H3,(H,18,19)(H,20,21). The molecule has 0 bridgehead atoms. The van der Waals surface area contributed by atoms with Gasteiger partial charge in [0.1, 0.15) is 11.8 Å². The fraction of sp³-hybridized carbons (Fsp3) is 0.529. The number of aliphatic carboxylic acids is 1. The lowest BCUT2D eigenvalue weighted by molar-refractivity contribution is -0.143. The molecule has 0 saturated heterocycles. The number of carboxylic acids is 1. The third-order valence-corrected chi connectivity index (χ3v) is 3.48. The van der Waals surface area contributed by atoms with Gasteiger partial charge in [-0.2, -0.15) is 0 Å². The van der Waals surface area contributed by atoms with Gasteiger partial charge in [-0.15, -0.1) is 0 Å². The van der Waals surface area contributed by atoms with Crippen molar-refractivity contribution in [3.05, 3.63) is 29.3 Å². The first-order valence-electron chi connectivity index (χ1n) is 7.48. The van der Waals surface area contributed by atoms with E-state index in [0.29, 0.717) is 11.7 Å². The number of aryl methyl sites for hydroxylation is 1. The van der Waals surface area contributed by atoms with Crippen LogP contribution in [0.15, 0.2) is 18.2 Å². The molecule has 1 rings (SSSR count). The second kappa shape index (κ2) is 7.82. The monoisotopic (exact) mass is 307 g/mol. The Morgan fingerprint density at radius 2 is 1.86 bits per heavy atom. The van der Waals surface area contributed by atoms with Gasteiger partial charge in [0.2, 0.25) is 0 Å². The summed E-state index contributed by atoms with van der Waals surface area (Å²) < 4.78 is 5.44. The minimum Gasteiger partial charge on any atom is -0.484 e. The van der Waals surface area contributed by atoms with E-state index in [1.54, 1.807) is 13.8 Å². The fourth-order valence-electron chi connectivity index (χ4n) is 2.26. The van der Waals surface area contributed by atoms with E-state index in [1.165, 1.54) is 5.56 Å². The van der Waals surface area contributed by atoms with E-state index >= 15 is 0 Å². The van der Waals surface area contributed by atoms with Crippen molar-refractivity contribution in [2.75, 3.05) is 6.61 Å². The Morgan fingerprint density at radius 3 is 2.32 bits per heavy atom. The second-order valence-corrected chi connectivity index (χ2v) is 6.09. The van der Waals surface area contributed by atoms with Gasteiger partial charge in [0.15, 0.2) is 6.61 Å². The molecule has 0 aliphatic rings. The van der Waals surface area contributed by atoms with Crippen LogP contribution in [0.3, 0.4) is 0 Å². The molecule has 0 spiro atoms. The van der Waals surface area contributed by atoms with Gasteiger partial charge in [-0.25, -0.2) is 4.79 Å². The first-order valence-corrected chi connectivity index (χ1v) is 7.48. The van der Waals surface area contributed by atoms with Gasteiger partial charge in [0.05, 0.1) is 0 Å². The number of ether oxygens (including phenoxy) is 1. The van der Waals surface area contributed by atoms with Crippen LogP contribution in [0.1, 0.15) is 44.7 Å². The zero-order chi connectivity index (χ0) is 16.9. The maximum atomic E-state index is 11.8. The lowest BCUT2D eigenvalue weighted by Gasteiger charge is -2.18. The lowest BCUT2D eigenvalue weighted by atomic mass is 9.98. The highest BCUT2D eigenvalue weighted by atomic mass is 16.5. The highest BCUT2D eigenvalue weighted by molar-refractivity contribution is 5.84. The Kier molecular flexibility index (Phi) is 6.40. The van der Waals surface area contributed by atoms with Crippen LogP contribution in [0.5, 0.6) is 5.75 Å². The summed E-state index contributed by atoms with van der Waals surface area (Å²) in [6.45, 7) is 9.53. The van der Waals surface area contributed by atoms with Crippen molar-refractivity contribution in [2.24, 2.45) is 5.92 Å². The molecule has 1 aromatic rings. The summed E-state index contributed by atoms with van der Waals surface area (Å²) in [5.74, 6) is -0.630. The molecule has 5 heteroatoms. The summed E-state index contributed by atoms with van der Waals surface area (Å²) in [6.07, 6.45) is 0. The number of carboxylic acid groups (broad SMARTS) is 1. The molecule has 1 amide bonds. The summed E-state index contributed by atoms with van der Waals surface area (Å²) >= 11 is 0. The average molecular weight is 307 g/mol. The number of benzene rings is 1. The van der Waals surface area contributed by atoms with Gasteiger partial charge >= 0.3 is 5.97 Å². The van der Waals surface area contributed by atoms with E-state index in [1.807, 2.05) is 25.1 Å². The second-order valence-electron chi connectivity index (χ2n) is 6.09. The van der Waals surface area contributed by atoms with Crippen molar-refractivity contribution >= 4 is 11.9 Å². The van der Waals surface area contributed by atoms with Crippen LogP contribution in [-0.2, 0) is 9.59 Å². The Hall–Kier alpha value is -2.04. The number of hydrogen-bond donors (Lipinski definition) is 2. The van der Waals surface area contributed by atoms with Crippen LogP contribution in [0.4, 0.5) is 0 Å². The molecular weight excluding hydrogens is 282 g/mol. The van der Waals surface area contributed by atoms with Crippen molar-refractivity contribution < 1.29 is 19.4 Å². The smallest absolute Gasteiger partial charge is 0.326 e. The highest BCUT2D eigenvalue weighted by Crippen LogP contribution is 2.23. The molecule has 0 saturated carbocycles. The van der Waals surface area contributed by atoms with E-state index < -0.39 is 17.9 Å². The summed E-state index contributed by atoms with van der Waals surface area (Å²) in [5.41, 5.74) is 2.35. The van der Waals surface area contributed by atoms with Gasteiger partial charge in [-0.3, -0.25) is 4.79 Å². The summed E-state index contributed by atoms with van der Waals surface area (Å²) in [6, 6.07) is 4.80. The number of amides is 1. The Bertz CT molecular complexity index is 537. The number of carbonyl (C=O) groups excluding carboxylic acids is 1. The quantitative estimate of drug-likeness (QED) is 0.812. The van der Waals surface area contributed by atoms with Gasteiger partial charge in [-0.1, -0.05) is 33.8 Å². The third-order valence-electron chi connectivity index (χ3n) is 3.48. The first-order chi connectivity index (χ1) is 10.2. The maximum Gasteiger partial charge on any atom is 0.326 e. The molecule has 1 atom stereocenters. The number of hydrogen-bond acceptors (Lipinski definition) is 3. The van der Waals surface area contributed by atoms with E-state index in [9.17, 15) is 9.59 Å². The van der Waals surface area contributed by atoms with Crippen molar-refractivity contribution in [2.45, 2.75) is 46.6 Å². The van der Waals surface area contributed by atoms with E-state index in [-0.39, 0.29) is 12.5 Å². The molecule has 0 aliphatic heterocycles. The predicted molar refractivity (Wildman–Crippen MR) is 85.2 cm³/mol. The molecule has 0 aromatic heterocycles. The molecule has 5 nitrogen and oxygen atoms in total. The van der Waals surface area contributed by atoms with Crippen molar-refractivity contribution in [3.63, 3.8) is 0 Å². The van der Waals surface area contributed by atoms with Crippen LogP contribution in [0, 0.1) is 12.8 Å². The molecule has 122 valence electrons. The molecule has 22 heavy (non-hydrogen) atoms. The van der Waals surface area contributed by atoms with Crippen molar-refractivity contribution in [1.29, 1.82) is 0 Å². The van der Waals surface area contributed by atoms with E-state index in [4.69, 9.17) is 9.84 Å². The Labute approximate surface area is 131 Å². The average Bonchev–Trinajstić information content (AvgIpc) is 2.41. The molecule has 1 unspecified atom stereocenters. The van der Waals surface area contributed by atoms with Gasteiger partial charge in [-0.05, 0) is 42.0 Å². The minimum atomic E-state index is -1.04. The zero-order valence-electron chi connectivity index (χ0n) is 13.8. The topological polar surface area (TPSA) is 75.6 Å².